The molecule has 0 aromatic rings. The van der Waals surface area contributed by atoms with Crippen molar-refractivity contribution in [1.29, 1.82) is 0 Å². The van der Waals surface area contributed by atoms with Crippen LogP contribution in [0.3, 0.4) is 0 Å². The molecule has 10 saturated heterocycles. The zero-order chi connectivity index (χ0) is 9.56. The average molecular weight is 242 g/mol. The summed E-state index contributed by atoms with van der Waals surface area (Å²) in [5, 5.41) is 0. The number of fused-ring (bicyclic) bond motifs is 10. The zero-order valence-corrected chi connectivity index (χ0v) is 10.7. The molecule has 0 amide bonds. The van der Waals surface area contributed by atoms with Crippen LogP contribution in [0.5, 0.6) is 0 Å². The third-order valence-electron chi connectivity index (χ3n) is 17.3. The maximum atomic E-state index is 2.86. The molecule has 0 aliphatic carbocycles. The quantitative estimate of drug-likeness (QED) is 0.571. The van der Waals surface area contributed by atoms with Crippen LogP contribution in [0.25, 0.3) is 0 Å². The Balaban J connectivity index is 1.97. The van der Waals surface area contributed by atoms with Crippen molar-refractivity contribution in [3.05, 3.63) is 0 Å². The molecule has 9 atom stereocenters. The number of hydrogen-bond acceptors (Lipinski definition) is 0. The summed E-state index contributed by atoms with van der Waals surface area (Å²) >= 11 is 0. The van der Waals surface area contributed by atoms with Gasteiger partial charge in [0.05, 0.1) is 0 Å². The van der Waals surface area contributed by atoms with E-state index >= 15 is 0 Å². The number of rotatable bonds is 1. The van der Waals surface area contributed by atoms with Crippen molar-refractivity contribution in [3.8, 4) is 0 Å². The maximum absolute atomic E-state index is 2.86. The molecule has 1 spiro atoms. The zero-order valence-electron chi connectivity index (χ0n) is 9.60. The normalized spacial score (nSPS) is 144. The summed E-state index contributed by atoms with van der Waals surface area (Å²) in [7, 11) is 0. The summed E-state index contributed by atoms with van der Waals surface area (Å²) in [5.74, 6) is 0. The van der Waals surface area contributed by atoms with Gasteiger partial charge in [-0.2, -0.15) is 0 Å². The molecule has 0 aromatic carbocycles. The van der Waals surface area contributed by atoms with E-state index in [1.165, 1.54) is 33.7 Å². The molecule has 0 N–H and O–H groups in total. The Bertz CT molecular complexity index is 997. The van der Waals surface area contributed by atoms with E-state index in [-0.39, 0.29) is 0 Å². The molecule has 0 saturated carbocycles. The second-order valence-electron chi connectivity index (χ2n) is 11.1. The molecule has 10 heterocycles. The predicted molar refractivity (Wildman–Crippen MR) is 56.0 cm³/mol. The van der Waals surface area contributed by atoms with Crippen LogP contribution in [0.15, 0.2) is 0 Å². The second-order valence-corrected chi connectivity index (χ2v) is 34.6. The van der Waals surface area contributed by atoms with E-state index in [0.717, 1.165) is 12.9 Å². The van der Waals surface area contributed by atoms with Crippen molar-refractivity contribution in [1.82, 2.24) is 0 Å². The number of hydrogen-bond donors (Lipinski definition) is 0. The van der Waals surface area contributed by atoms with Gasteiger partial charge in [-0.25, -0.2) is 0 Å². The first-order valence-electron chi connectivity index (χ1n) is 7.09. The standard InChI is InChI=1S/C8H11.C6H7.Fe/c1-3-8-6-4-5-7(8)2;1-6-4-2-3-5-6;/h4-6H,3H2,1-2H3;2-5H,1H3;. The molecule has 1 heteroatoms. The van der Waals surface area contributed by atoms with Gasteiger partial charge in [0.2, 0.25) is 0 Å². The van der Waals surface area contributed by atoms with Gasteiger partial charge in [0.25, 0.3) is 0 Å². The Morgan fingerprint density at radius 1 is 0.933 bits per heavy atom. The fourth-order valence-electron chi connectivity index (χ4n) is 20.7. The van der Waals surface area contributed by atoms with E-state index in [1.54, 1.807) is 6.42 Å². The first-order valence-corrected chi connectivity index (χ1v) is 13.2. The van der Waals surface area contributed by atoms with Crippen molar-refractivity contribution >= 4 is 0 Å². The molecule has 10 aliphatic rings. The third kappa shape index (κ3) is 0.0384. The van der Waals surface area contributed by atoms with Gasteiger partial charge in [-0.1, -0.05) is 0 Å². The first-order chi connectivity index (χ1) is 6.88. The Labute approximate surface area is 80.5 Å². The van der Waals surface area contributed by atoms with Crippen molar-refractivity contribution in [2.24, 2.45) is 0 Å². The van der Waals surface area contributed by atoms with Crippen molar-refractivity contribution in [2.75, 3.05) is 0 Å². The Hall–Kier alpha value is 0.519. The van der Waals surface area contributed by atoms with Crippen LogP contribution in [-0.4, -0.2) is 0 Å². The second kappa shape index (κ2) is 0.363. The molecule has 15 heavy (non-hydrogen) atoms. The van der Waals surface area contributed by atoms with Gasteiger partial charge < -0.3 is 0 Å². The molecule has 0 radical (unpaired) electrons. The van der Waals surface area contributed by atoms with E-state index in [4.69, 9.17) is 0 Å². The van der Waals surface area contributed by atoms with Crippen LogP contribution in [0.4, 0.5) is 0 Å². The van der Waals surface area contributed by atoms with Gasteiger partial charge in [0.15, 0.2) is 0 Å². The van der Waals surface area contributed by atoms with Gasteiger partial charge in [0.1, 0.15) is 0 Å². The molecule has 9 unspecified atom stereocenters. The summed E-state index contributed by atoms with van der Waals surface area (Å²) < 4.78 is 3.36. The van der Waals surface area contributed by atoms with Crippen LogP contribution in [0.2, 0.25) is 46.7 Å². The topological polar surface area (TPSA) is 0 Å². The molecule has 10 aliphatic heterocycles. The molecule has 0 aromatic heterocycles. The van der Waals surface area contributed by atoms with Crippen LogP contribution in [0.1, 0.15) is 27.2 Å². The monoisotopic (exact) mass is 242 g/mol. The van der Waals surface area contributed by atoms with Gasteiger partial charge in [0, 0.05) is 0 Å². The third-order valence-corrected chi connectivity index (χ3v) is 64.1. The Morgan fingerprint density at radius 3 is 1.67 bits per heavy atom. The van der Waals surface area contributed by atoms with E-state index in [1.807, 2.05) is 0 Å². The van der Waals surface area contributed by atoms with E-state index in [0.29, 0.717) is 0 Å². The van der Waals surface area contributed by atoms with Gasteiger partial charge in [-0.3, -0.25) is 0 Å². The van der Waals surface area contributed by atoms with Gasteiger partial charge in [-0.15, -0.1) is 0 Å². The fraction of sp³-hybridized carbons (Fsp3) is 1.00. The van der Waals surface area contributed by atoms with Crippen LogP contribution >= 0.6 is 0 Å². The van der Waals surface area contributed by atoms with Crippen molar-refractivity contribution in [3.63, 3.8) is 0 Å². The fourth-order valence-corrected chi connectivity index (χ4v) is 103. The van der Waals surface area contributed by atoms with E-state index < -0.39 is 6.51 Å². The summed E-state index contributed by atoms with van der Waals surface area (Å²) in [6.07, 6.45) is 1.64. The molecule has 0 bridgehead atoms. The molecular weight excluding hydrogens is 224 g/mol. The van der Waals surface area contributed by atoms with E-state index in [9.17, 15) is 0 Å². The average Bonchev–Trinajstić information content (AvgIpc) is 3.15. The summed E-state index contributed by atoms with van der Waals surface area (Å²) in [4.78, 5) is 10.4. The summed E-state index contributed by atoms with van der Waals surface area (Å²) in [6.45, 7) is 5.46. The van der Waals surface area contributed by atoms with Crippen LogP contribution < -0.4 is 0 Å². The summed E-state index contributed by atoms with van der Waals surface area (Å²) in [5.41, 5.74) is 0. The van der Waals surface area contributed by atoms with E-state index in [2.05, 4.69) is 20.8 Å². The minimum absolute atomic E-state index is 1.10. The molecular formula is C14H18Fe. The molecule has 10 fully saturated rings. The predicted octanol–water partition coefficient (Wildman–Crippen LogP) is 4.94. The molecule has 10 rings (SSSR count). The summed E-state index contributed by atoms with van der Waals surface area (Å²) in [6, 6.07) is 0. The van der Waals surface area contributed by atoms with Crippen LogP contribution in [0, 0.1) is 0 Å². The molecule has 0 nitrogen and oxygen atoms in total. The SMILES string of the molecule is CC[C]12[CH]3[CH]4[CH]5[C]1(C)[Fe]45321678[CH]2[CH]1[CH]6[C]7(C)[CH]28. The minimum atomic E-state index is -2.84. The first kappa shape index (κ1) is 5.44. The Morgan fingerprint density at radius 2 is 1.60 bits per heavy atom. The Kier molecular flexibility index (Phi) is 0.132. The molecule has 82 valence electrons. The van der Waals surface area contributed by atoms with Gasteiger partial charge >= 0.3 is 80.4 Å². The van der Waals surface area contributed by atoms with Gasteiger partial charge in [-0.05, 0) is 0 Å². The van der Waals surface area contributed by atoms with Crippen LogP contribution in [-0.2, 0) is 6.51 Å². The van der Waals surface area contributed by atoms with Crippen molar-refractivity contribution in [2.45, 2.75) is 73.8 Å². The van der Waals surface area contributed by atoms with Crippen molar-refractivity contribution < 1.29 is 6.51 Å².